The second-order valence-corrected chi connectivity index (χ2v) is 6.63. The molecule has 6 heteroatoms. The molecule has 6 nitrogen and oxygen atoms in total. The number of nitrogens with zero attached hydrogens (tertiary/aromatic N) is 2. The first kappa shape index (κ1) is 17.2. The van der Waals surface area contributed by atoms with Crippen molar-refractivity contribution in [2.75, 3.05) is 10.6 Å². The van der Waals surface area contributed by atoms with Crippen molar-refractivity contribution in [3.63, 3.8) is 0 Å². The summed E-state index contributed by atoms with van der Waals surface area (Å²) in [6.45, 7) is 1.88. The van der Waals surface area contributed by atoms with E-state index in [2.05, 4.69) is 20.6 Å². The van der Waals surface area contributed by atoms with Gasteiger partial charge >= 0.3 is 0 Å². The molecule has 1 aliphatic rings. The van der Waals surface area contributed by atoms with Crippen LogP contribution in [0.5, 0.6) is 0 Å². The van der Waals surface area contributed by atoms with E-state index in [1.54, 1.807) is 6.20 Å². The summed E-state index contributed by atoms with van der Waals surface area (Å²) in [5.74, 6) is 0.332. The van der Waals surface area contributed by atoms with E-state index in [4.69, 9.17) is 0 Å². The molecular formula is C21H20N4O2. The topological polar surface area (TPSA) is 87.1 Å². The molecule has 3 aromatic rings. The van der Waals surface area contributed by atoms with Crippen LogP contribution in [0.1, 0.15) is 24.2 Å². The van der Waals surface area contributed by atoms with Crippen molar-refractivity contribution in [3.8, 4) is 11.3 Å². The number of benzene rings is 2. The number of amides is 1. The lowest BCUT2D eigenvalue weighted by Crippen LogP contribution is -2.25. The van der Waals surface area contributed by atoms with Crippen LogP contribution in [0.4, 0.5) is 11.6 Å². The molecule has 1 aromatic heterocycles. The smallest absolute Gasteiger partial charge is 0.228 e. The van der Waals surface area contributed by atoms with E-state index in [1.165, 1.54) is 0 Å². The number of fused-ring (bicyclic) bond motifs is 3. The normalized spacial score (nSPS) is 15.0. The molecule has 2 aromatic carbocycles. The molecule has 0 aliphatic carbocycles. The zero-order valence-electron chi connectivity index (χ0n) is 14.9. The standard InChI is InChI=1S/C21H20N4O2/c1-13(20(27)14-7-3-2-4-8-14)23-21-22-12-15-11-18(26)24-17-10-6-5-9-16(17)19(15)25-21/h2-10,12-13,20,27H,11H2,1H3,(H,24,26)(H,22,23,25)/t13-,20+/m0/s1. The third-order valence-electron chi connectivity index (χ3n) is 4.64. The summed E-state index contributed by atoms with van der Waals surface area (Å²) in [5, 5.41) is 16.6. The third kappa shape index (κ3) is 3.52. The number of rotatable bonds is 4. The molecule has 1 amide bonds. The Balaban J connectivity index is 1.64. The van der Waals surface area contributed by atoms with E-state index in [1.807, 2.05) is 61.5 Å². The van der Waals surface area contributed by atoms with Crippen molar-refractivity contribution in [1.29, 1.82) is 0 Å². The SMILES string of the molecule is C[C@H](Nc1ncc2c(n1)-c1ccccc1NC(=O)C2)[C@@H](O)c1ccccc1. The maximum atomic E-state index is 12.1. The van der Waals surface area contributed by atoms with Gasteiger partial charge in [0.1, 0.15) is 0 Å². The molecule has 0 saturated carbocycles. The highest BCUT2D eigenvalue weighted by Crippen LogP contribution is 2.32. The van der Waals surface area contributed by atoms with Gasteiger partial charge < -0.3 is 15.7 Å². The molecule has 0 radical (unpaired) electrons. The molecule has 0 fully saturated rings. The van der Waals surface area contributed by atoms with Gasteiger partial charge in [-0.2, -0.15) is 0 Å². The number of nitrogens with one attached hydrogen (secondary N) is 2. The van der Waals surface area contributed by atoms with Crippen molar-refractivity contribution in [1.82, 2.24) is 9.97 Å². The van der Waals surface area contributed by atoms with Crippen molar-refractivity contribution in [2.24, 2.45) is 0 Å². The maximum Gasteiger partial charge on any atom is 0.228 e. The largest absolute Gasteiger partial charge is 0.386 e. The molecule has 2 heterocycles. The number of anilines is 2. The Morgan fingerprint density at radius 3 is 2.67 bits per heavy atom. The van der Waals surface area contributed by atoms with Crippen molar-refractivity contribution in [3.05, 3.63) is 71.9 Å². The first-order valence-corrected chi connectivity index (χ1v) is 8.86. The molecule has 136 valence electrons. The highest BCUT2D eigenvalue weighted by atomic mass is 16.3. The fraction of sp³-hybridized carbons (Fsp3) is 0.190. The molecule has 0 spiro atoms. The molecule has 0 unspecified atom stereocenters. The number of aliphatic hydroxyl groups is 1. The third-order valence-corrected chi connectivity index (χ3v) is 4.64. The van der Waals surface area contributed by atoms with Crippen molar-refractivity contribution < 1.29 is 9.90 Å². The Morgan fingerprint density at radius 2 is 1.85 bits per heavy atom. The molecule has 0 saturated heterocycles. The fourth-order valence-corrected chi connectivity index (χ4v) is 3.23. The first-order chi connectivity index (χ1) is 13.1. The van der Waals surface area contributed by atoms with Gasteiger partial charge in [0.15, 0.2) is 0 Å². The van der Waals surface area contributed by atoms with E-state index < -0.39 is 6.10 Å². The van der Waals surface area contributed by atoms with Gasteiger partial charge in [0.2, 0.25) is 11.9 Å². The summed E-state index contributed by atoms with van der Waals surface area (Å²) < 4.78 is 0. The van der Waals surface area contributed by atoms with Gasteiger partial charge in [0.25, 0.3) is 0 Å². The molecule has 2 atom stereocenters. The molecule has 0 bridgehead atoms. The van der Waals surface area contributed by atoms with Gasteiger partial charge in [-0.15, -0.1) is 0 Å². The number of aliphatic hydroxyl groups excluding tert-OH is 1. The highest BCUT2D eigenvalue weighted by molar-refractivity contribution is 5.99. The van der Waals surface area contributed by atoms with Crippen LogP contribution in [0.3, 0.4) is 0 Å². The summed E-state index contributed by atoms with van der Waals surface area (Å²) in [6.07, 6.45) is 1.21. The Bertz CT molecular complexity index is 975. The van der Waals surface area contributed by atoms with Crippen LogP contribution in [0, 0.1) is 0 Å². The summed E-state index contributed by atoms with van der Waals surface area (Å²) in [6, 6.07) is 16.8. The molecular weight excluding hydrogens is 340 g/mol. The van der Waals surface area contributed by atoms with Crippen molar-refractivity contribution >= 4 is 17.5 Å². The number of para-hydroxylation sites is 1. The van der Waals surface area contributed by atoms with Gasteiger partial charge in [-0.25, -0.2) is 9.97 Å². The zero-order valence-corrected chi connectivity index (χ0v) is 14.9. The van der Waals surface area contributed by atoms with Gasteiger partial charge in [-0.05, 0) is 18.6 Å². The summed E-state index contributed by atoms with van der Waals surface area (Å²) >= 11 is 0. The van der Waals surface area contributed by atoms with Gasteiger partial charge in [0.05, 0.1) is 29.9 Å². The number of carbonyl (C=O) groups excluding carboxylic acids is 1. The van der Waals surface area contributed by atoms with Crippen LogP contribution < -0.4 is 10.6 Å². The number of hydrogen-bond acceptors (Lipinski definition) is 5. The minimum atomic E-state index is -0.691. The highest BCUT2D eigenvalue weighted by Gasteiger charge is 2.22. The van der Waals surface area contributed by atoms with Crippen LogP contribution in [-0.2, 0) is 11.2 Å². The lowest BCUT2D eigenvalue weighted by molar-refractivity contribution is -0.115. The molecule has 3 N–H and O–H groups in total. The quantitative estimate of drug-likeness (QED) is 0.665. The summed E-state index contributed by atoms with van der Waals surface area (Å²) in [7, 11) is 0. The Kier molecular flexibility index (Phi) is 4.56. The maximum absolute atomic E-state index is 12.1. The zero-order chi connectivity index (χ0) is 18.8. The fourth-order valence-electron chi connectivity index (χ4n) is 3.23. The van der Waals surface area contributed by atoms with Gasteiger partial charge in [0, 0.05) is 17.3 Å². The lowest BCUT2D eigenvalue weighted by Gasteiger charge is -2.21. The summed E-state index contributed by atoms with van der Waals surface area (Å²) in [4.78, 5) is 21.1. The average Bonchev–Trinajstić information content (AvgIpc) is 2.83. The lowest BCUT2D eigenvalue weighted by atomic mass is 10.0. The van der Waals surface area contributed by atoms with Crippen LogP contribution in [0.25, 0.3) is 11.3 Å². The van der Waals surface area contributed by atoms with E-state index in [0.29, 0.717) is 5.95 Å². The number of hydrogen-bond donors (Lipinski definition) is 3. The van der Waals surface area contributed by atoms with Crippen LogP contribution >= 0.6 is 0 Å². The first-order valence-electron chi connectivity index (χ1n) is 8.86. The predicted molar refractivity (Wildman–Crippen MR) is 104 cm³/mol. The van der Waals surface area contributed by atoms with E-state index in [0.717, 1.165) is 28.1 Å². The van der Waals surface area contributed by atoms with E-state index >= 15 is 0 Å². The predicted octanol–water partition coefficient (Wildman–Crippen LogP) is 3.17. The molecule has 27 heavy (non-hydrogen) atoms. The second kappa shape index (κ2) is 7.17. The Morgan fingerprint density at radius 1 is 1.11 bits per heavy atom. The second-order valence-electron chi connectivity index (χ2n) is 6.63. The van der Waals surface area contributed by atoms with Crippen LogP contribution in [0.2, 0.25) is 0 Å². The van der Waals surface area contributed by atoms with Crippen LogP contribution in [0.15, 0.2) is 60.8 Å². The number of aromatic nitrogens is 2. The van der Waals surface area contributed by atoms with Gasteiger partial charge in [-0.1, -0.05) is 48.5 Å². The monoisotopic (exact) mass is 360 g/mol. The minimum Gasteiger partial charge on any atom is -0.386 e. The minimum absolute atomic E-state index is 0.0848. The van der Waals surface area contributed by atoms with E-state index in [9.17, 15) is 9.90 Å². The summed E-state index contributed by atoms with van der Waals surface area (Å²) in [5.41, 5.74) is 3.93. The van der Waals surface area contributed by atoms with Crippen molar-refractivity contribution in [2.45, 2.75) is 25.5 Å². The van der Waals surface area contributed by atoms with Gasteiger partial charge in [-0.3, -0.25) is 4.79 Å². The van der Waals surface area contributed by atoms with Crippen LogP contribution in [-0.4, -0.2) is 27.0 Å². The average molecular weight is 360 g/mol. The Labute approximate surface area is 157 Å². The molecule has 4 rings (SSSR count). The Hall–Kier alpha value is -3.25. The molecule has 1 aliphatic heterocycles. The van der Waals surface area contributed by atoms with E-state index in [-0.39, 0.29) is 18.4 Å². The number of carbonyl (C=O) groups is 1.